The minimum atomic E-state index is -3.20. The summed E-state index contributed by atoms with van der Waals surface area (Å²) in [5.74, 6) is -3.20. The van der Waals surface area contributed by atoms with Gasteiger partial charge in [0, 0.05) is 0 Å². The first-order valence-electron chi connectivity index (χ1n) is 3.23. The highest BCUT2D eigenvalue weighted by molar-refractivity contribution is 4.95. The van der Waals surface area contributed by atoms with Crippen molar-refractivity contribution in [3.63, 3.8) is 0 Å². The Balaban J connectivity index is 2.70. The molecule has 0 aromatic rings. The third-order valence-electron chi connectivity index (χ3n) is 1.88. The summed E-state index contributed by atoms with van der Waals surface area (Å²) in [4.78, 5) is 0. The Morgan fingerprint density at radius 2 is 1.90 bits per heavy atom. The van der Waals surface area contributed by atoms with Crippen LogP contribution in [0.5, 0.6) is 0 Å². The van der Waals surface area contributed by atoms with Gasteiger partial charge in [0.05, 0.1) is 6.54 Å². The molecule has 1 unspecified atom stereocenters. The van der Waals surface area contributed by atoms with Crippen molar-refractivity contribution in [2.75, 3.05) is 13.1 Å². The van der Waals surface area contributed by atoms with Crippen molar-refractivity contribution in [3.05, 3.63) is 0 Å². The Hall–Kier alpha value is -0.250. The van der Waals surface area contributed by atoms with Crippen molar-refractivity contribution in [1.82, 2.24) is 5.32 Å². The maximum absolute atomic E-state index is 12.9. The summed E-state index contributed by atoms with van der Waals surface area (Å²) in [7, 11) is 0. The van der Waals surface area contributed by atoms with Crippen molar-refractivity contribution >= 4 is 0 Å². The molecule has 1 saturated heterocycles. The first kappa shape index (κ1) is 7.85. The van der Waals surface area contributed by atoms with E-state index in [9.17, 15) is 13.2 Å². The number of piperidine rings is 1. The highest BCUT2D eigenvalue weighted by atomic mass is 19.3. The first-order chi connectivity index (χ1) is 4.46. The van der Waals surface area contributed by atoms with Gasteiger partial charge in [0.15, 0.2) is 5.67 Å². The Kier molecular flexibility index (Phi) is 1.66. The molecule has 60 valence electrons. The minimum absolute atomic E-state index is 0.111. The Morgan fingerprint density at radius 1 is 1.30 bits per heavy atom. The van der Waals surface area contributed by atoms with E-state index in [1.54, 1.807) is 0 Å². The lowest BCUT2D eigenvalue weighted by molar-refractivity contribution is -0.142. The standard InChI is InChI=1S/C6H10F3N/c1-5(7)2-3-10-4-6(5,8)9/h10H,2-4H2,1H3. The van der Waals surface area contributed by atoms with Crippen molar-refractivity contribution < 1.29 is 13.2 Å². The largest absolute Gasteiger partial charge is 0.311 e. The molecule has 0 aromatic carbocycles. The Morgan fingerprint density at radius 3 is 2.20 bits per heavy atom. The van der Waals surface area contributed by atoms with E-state index in [2.05, 4.69) is 5.32 Å². The summed E-state index contributed by atoms with van der Waals surface area (Å²) in [5.41, 5.74) is -2.32. The Labute approximate surface area is 57.6 Å². The summed E-state index contributed by atoms with van der Waals surface area (Å²) in [6.45, 7) is 0.746. The summed E-state index contributed by atoms with van der Waals surface area (Å²) >= 11 is 0. The number of nitrogens with one attached hydrogen (secondary N) is 1. The topological polar surface area (TPSA) is 12.0 Å². The number of alkyl halides is 3. The molecular weight excluding hydrogens is 143 g/mol. The van der Waals surface area contributed by atoms with Crippen LogP contribution < -0.4 is 5.32 Å². The van der Waals surface area contributed by atoms with Crippen LogP contribution in [0.3, 0.4) is 0 Å². The van der Waals surface area contributed by atoms with Crippen molar-refractivity contribution in [2.45, 2.75) is 24.9 Å². The average molecular weight is 153 g/mol. The molecule has 1 fully saturated rings. The van der Waals surface area contributed by atoms with E-state index in [0.717, 1.165) is 6.92 Å². The third-order valence-corrected chi connectivity index (χ3v) is 1.88. The van der Waals surface area contributed by atoms with Crippen LogP contribution in [0.1, 0.15) is 13.3 Å². The highest BCUT2D eigenvalue weighted by Gasteiger charge is 2.52. The molecule has 1 nitrogen and oxygen atoms in total. The van der Waals surface area contributed by atoms with Crippen LogP contribution in [0.15, 0.2) is 0 Å². The summed E-state index contributed by atoms with van der Waals surface area (Å²) in [6.07, 6.45) is -0.111. The van der Waals surface area contributed by atoms with Gasteiger partial charge in [-0.25, -0.2) is 13.2 Å². The minimum Gasteiger partial charge on any atom is -0.311 e. The molecule has 1 aliphatic rings. The van der Waals surface area contributed by atoms with Gasteiger partial charge >= 0.3 is 0 Å². The number of halogens is 3. The van der Waals surface area contributed by atoms with Gasteiger partial charge in [-0.15, -0.1) is 0 Å². The van der Waals surface area contributed by atoms with Crippen LogP contribution >= 0.6 is 0 Å². The lowest BCUT2D eigenvalue weighted by atomic mass is 9.93. The second kappa shape index (κ2) is 2.12. The van der Waals surface area contributed by atoms with E-state index in [4.69, 9.17) is 0 Å². The summed E-state index contributed by atoms with van der Waals surface area (Å²) in [6, 6.07) is 0. The number of hydrogen-bond acceptors (Lipinski definition) is 1. The lowest BCUT2D eigenvalue weighted by Crippen LogP contribution is -2.54. The third kappa shape index (κ3) is 1.12. The van der Waals surface area contributed by atoms with E-state index < -0.39 is 18.1 Å². The van der Waals surface area contributed by atoms with Gasteiger partial charge in [-0.1, -0.05) is 0 Å². The number of rotatable bonds is 0. The van der Waals surface area contributed by atoms with Crippen molar-refractivity contribution in [1.29, 1.82) is 0 Å². The molecule has 0 spiro atoms. The highest BCUT2D eigenvalue weighted by Crippen LogP contribution is 2.36. The molecule has 10 heavy (non-hydrogen) atoms. The SMILES string of the molecule is CC1(F)CCNCC1(F)F. The Bertz CT molecular complexity index is 117. The summed E-state index contributed by atoms with van der Waals surface area (Å²) < 4.78 is 37.9. The van der Waals surface area contributed by atoms with E-state index in [1.165, 1.54) is 0 Å². The van der Waals surface area contributed by atoms with Gasteiger partial charge < -0.3 is 5.32 Å². The fraction of sp³-hybridized carbons (Fsp3) is 1.00. The smallest absolute Gasteiger partial charge is 0.293 e. The molecule has 0 saturated carbocycles. The second-order valence-electron chi connectivity index (χ2n) is 2.83. The molecule has 0 bridgehead atoms. The molecule has 1 rings (SSSR count). The van der Waals surface area contributed by atoms with E-state index in [0.29, 0.717) is 6.54 Å². The van der Waals surface area contributed by atoms with E-state index in [-0.39, 0.29) is 6.42 Å². The van der Waals surface area contributed by atoms with Crippen LogP contribution in [0.4, 0.5) is 13.2 Å². The quantitative estimate of drug-likeness (QED) is 0.553. The maximum atomic E-state index is 12.9. The first-order valence-corrected chi connectivity index (χ1v) is 3.23. The van der Waals surface area contributed by atoms with Gasteiger partial charge in [-0.3, -0.25) is 0 Å². The maximum Gasteiger partial charge on any atom is 0.293 e. The molecule has 0 aliphatic carbocycles. The molecule has 0 amide bonds. The normalized spacial score (nSPS) is 39.6. The van der Waals surface area contributed by atoms with Crippen LogP contribution in [-0.4, -0.2) is 24.7 Å². The fourth-order valence-electron chi connectivity index (χ4n) is 0.936. The van der Waals surface area contributed by atoms with E-state index in [1.807, 2.05) is 0 Å². The fourth-order valence-corrected chi connectivity index (χ4v) is 0.936. The molecule has 1 heterocycles. The van der Waals surface area contributed by atoms with Gasteiger partial charge in [-0.05, 0) is 19.9 Å². The lowest BCUT2D eigenvalue weighted by Gasteiger charge is -2.34. The van der Waals surface area contributed by atoms with E-state index >= 15 is 0 Å². The predicted molar refractivity (Wildman–Crippen MR) is 31.9 cm³/mol. The molecule has 1 aliphatic heterocycles. The molecule has 4 heteroatoms. The molecule has 1 atom stereocenters. The number of hydrogen-bond donors (Lipinski definition) is 1. The molecular formula is C6H10F3N. The van der Waals surface area contributed by atoms with Crippen LogP contribution in [-0.2, 0) is 0 Å². The predicted octanol–water partition coefficient (Wildman–Crippen LogP) is 1.34. The average Bonchev–Trinajstić information content (AvgIpc) is 1.77. The van der Waals surface area contributed by atoms with Crippen LogP contribution in [0, 0.1) is 0 Å². The zero-order valence-electron chi connectivity index (χ0n) is 5.76. The second-order valence-corrected chi connectivity index (χ2v) is 2.83. The van der Waals surface area contributed by atoms with Gasteiger partial charge in [0.25, 0.3) is 5.92 Å². The van der Waals surface area contributed by atoms with Gasteiger partial charge in [-0.2, -0.15) is 0 Å². The van der Waals surface area contributed by atoms with Crippen LogP contribution in [0.25, 0.3) is 0 Å². The van der Waals surface area contributed by atoms with Crippen LogP contribution in [0.2, 0.25) is 0 Å². The zero-order valence-corrected chi connectivity index (χ0v) is 5.76. The summed E-state index contributed by atoms with van der Waals surface area (Å²) in [5, 5.41) is 2.44. The molecule has 0 radical (unpaired) electrons. The monoisotopic (exact) mass is 153 g/mol. The van der Waals surface area contributed by atoms with Gasteiger partial charge in [0.2, 0.25) is 0 Å². The van der Waals surface area contributed by atoms with Crippen molar-refractivity contribution in [3.8, 4) is 0 Å². The van der Waals surface area contributed by atoms with Gasteiger partial charge in [0.1, 0.15) is 0 Å². The molecule has 0 aromatic heterocycles. The molecule has 1 N–H and O–H groups in total. The zero-order chi connectivity index (χ0) is 7.83. The van der Waals surface area contributed by atoms with Crippen molar-refractivity contribution in [2.24, 2.45) is 0 Å².